The lowest BCUT2D eigenvalue weighted by Gasteiger charge is -2.28. The van der Waals surface area contributed by atoms with Gasteiger partial charge < -0.3 is 0 Å². The zero-order chi connectivity index (χ0) is 11.9. The number of aryl methyl sites for hydroxylation is 2. The molecular weight excluding hydrogens is 198 g/mol. The Hall–Kier alpha value is -0.830. The SMILES string of the molecule is Cc1nn(C)c(C)c1C1CCCN1C(C)C. The fraction of sp³-hybridized carbons (Fsp3) is 0.769. The van der Waals surface area contributed by atoms with Crippen molar-refractivity contribution in [2.24, 2.45) is 7.05 Å². The number of likely N-dealkylation sites (tertiary alicyclic amines) is 1. The minimum absolute atomic E-state index is 0.591. The fourth-order valence-corrected chi connectivity index (χ4v) is 2.99. The van der Waals surface area contributed by atoms with Gasteiger partial charge in [0.2, 0.25) is 0 Å². The van der Waals surface area contributed by atoms with Crippen LogP contribution in [0, 0.1) is 13.8 Å². The first kappa shape index (κ1) is 11.6. The van der Waals surface area contributed by atoms with E-state index in [4.69, 9.17) is 0 Å². The molecule has 0 aromatic carbocycles. The topological polar surface area (TPSA) is 21.1 Å². The summed E-state index contributed by atoms with van der Waals surface area (Å²) in [6, 6.07) is 1.22. The van der Waals surface area contributed by atoms with E-state index < -0.39 is 0 Å². The van der Waals surface area contributed by atoms with Gasteiger partial charge in [-0.1, -0.05) is 0 Å². The molecule has 90 valence electrons. The number of hydrogen-bond acceptors (Lipinski definition) is 2. The minimum atomic E-state index is 0.591. The van der Waals surface area contributed by atoms with E-state index in [1.54, 1.807) is 0 Å². The Labute approximate surface area is 98.4 Å². The van der Waals surface area contributed by atoms with Crippen molar-refractivity contribution in [3.63, 3.8) is 0 Å². The van der Waals surface area contributed by atoms with Crippen molar-refractivity contribution in [2.75, 3.05) is 6.54 Å². The average molecular weight is 221 g/mol. The van der Waals surface area contributed by atoms with Crippen LogP contribution in [0.2, 0.25) is 0 Å². The summed E-state index contributed by atoms with van der Waals surface area (Å²) < 4.78 is 2.02. The average Bonchev–Trinajstić information content (AvgIpc) is 2.73. The highest BCUT2D eigenvalue weighted by molar-refractivity contribution is 5.29. The number of hydrogen-bond donors (Lipinski definition) is 0. The first-order valence-corrected chi connectivity index (χ1v) is 6.28. The molecule has 0 N–H and O–H groups in total. The van der Waals surface area contributed by atoms with Crippen LogP contribution in [0.1, 0.15) is 49.7 Å². The third-order valence-electron chi connectivity index (χ3n) is 3.86. The summed E-state index contributed by atoms with van der Waals surface area (Å²) in [7, 11) is 2.04. The molecule has 1 saturated heterocycles. The van der Waals surface area contributed by atoms with E-state index in [0.29, 0.717) is 12.1 Å². The van der Waals surface area contributed by atoms with Crippen molar-refractivity contribution in [2.45, 2.75) is 52.6 Å². The molecule has 3 heteroatoms. The quantitative estimate of drug-likeness (QED) is 0.765. The highest BCUT2D eigenvalue weighted by Gasteiger charge is 2.31. The maximum absolute atomic E-state index is 4.54. The molecule has 1 fully saturated rings. The zero-order valence-electron chi connectivity index (χ0n) is 11.1. The molecule has 0 radical (unpaired) electrons. The van der Waals surface area contributed by atoms with Crippen LogP contribution in [0.15, 0.2) is 0 Å². The Morgan fingerprint density at radius 1 is 1.31 bits per heavy atom. The van der Waals surface area contributed by atoms with Crippen molar-refractivity contribution in [3.8, 4) is 0 Å². The van der Waals surface area contributed by atoms with E-state index in [-0.39, 0.29) is 0 Å². The molecule has 1 unspecified atom stereocenters. The Balaban J connectivity index is 2.36. The summed E-state index contributed by atoms with van der Waals surface area (Å²) >= 11 is 0. The van der Waals surface area contributed by atoms with E-state index in [1.807, 2.05) is 11.7 Å². The Morgan fingerprint density at radius 2 is 2.00 bits per heavy atom. The van der Waals surface area contributed by atoms with Crippen molar-refractivity contribution in [3.05, 3.63) is 17.0 Å². The fourth-order valence-electron chi connectivity index (χ4n) is 2.99. The van der Waals surface area contributed by atoms with Crippen molar-refractivity contribution in [1.82, 2.24) is 14.7 Å². The van der Waals surface area contributed by atoms with Crippen LogP contribution in [0.3, 0.4) is 0 Å². The maximum Gasteiger partial charge on any atom is 0.0644 e. The summed E-state index contributed by atoms with van der Waals surface area (Å²) in [6.07, 6.45) is 2.60. The van der Waals surface area contributed by atoms with Gasteiger partial charge in [0, 0.05) is 30.4 Å². The Morgan fingerprint density at radius 3 is 2.50 bits per heavy atom. The zero-order valence-corrected chi connectivity index (χ0v) is 11.1. The van der Waals surface area contributed by atoms with Crippen LogP contribution in [-0.4, -0.2) is 27.3 Å². The minimum Gasteiger partial charge on any atom is -0.294 e. The Kier molecular flexibility index (Phi) is 3.06. The van der Waals surface area contributed by atoms with Gasteiger partial charge in [-0.05, 0) is 47.1 Å². The number of rotatable bonds is 2. The second kappa shape index (κ2) is 4.21. The van der Waals surface area contributed by atoms with E-state index in [9.17, 15) is 0 Å². The van der Waals surface area contributed by atoms with Crippen LogP contribution >= 0.6 is 0 Å². The van der Waals surface area contributed by atoms with Gasteiger partial charge in [0.25, 0.3) is 0 Å². The predicted octanol–water partition coefficient (Wildman–Crippen LogP) is 2.58. The molecular formula is C13H23N3. The highest BCUT2D eigenvalue weighted by atomic mass is 15.3. The molecule has 1 aliphatic rings. The second-order valence-corrected chi connectivity index (χ2v) is 5.20. The van der Waals surface area contributed by atoms with Gasteiger partial charge in [-0.2, -0.15) is 5.10 Å². The maximum atomic E-state index is 4.54. The third-order valence-corrected chi connectivity index (χ3v) is 3.86. The standard InChI is InChI=1S/C13H23N3/c1-9(2)16-8-6-7-12(16)13-10(3)14-15(5)11(13)4/h9,12H,6-8H2,1-5H3. The van der Waals surface area contributed by atoms with Crippen molar-refractivity contribution in [1.29, 1.82) is 0 Å². The van der Waals surface area contributed by atoms with Gasteiger partial charge >= 0.3 is 0 Å². The lowest BCUT2D eigenvalue weighted by Crippen LogP contribution is -2.30. The van der Waals surface area contributed by atoms with E-state index in [0.717, 1.165) is 0 Å². The first-order chi connectivity index (χ1) is 7.52. The van der Waals surface area contributed by atoms with Gasteiger partial charge in [0.1, 0.15) is 0 Å². The van der Waals surface area contributed by atoms with Gasteiger partial charge in [0.15, 0.2) is 0 Å². The van der Waals surface area contributed by atoms with Gasteiger partial charge in [-0.3, -0.25) is 9.58 Å². The van der Waals surface area contributed by atoms with E-state index in [1.165, 1.54) is 36.3 Å². The van der Waals surface area contributed by atoms with Gasteiger partial charge in [-0.25, -0.2) is 0 Å². The van der Waals surface area contributed by atoms with Crippen LogP contribution in [0.5, 0.6) is 0 Å². The first-order valence-electron chi connectivity index (χ1n) is 6.28. The summed E-state index contributed by atoms with van der Waals surface area (Å²) in [5, 5.41) is 4.54. The molecule has 0 aliphatic carbocycles. The lowest BCUT2D eigenvalue weighted by molar-refractivity contribution is 0.204. The highest BCUT2D eigenvalue weighted by Crippen LogP contribution is 2.36. The van der Waals surface area contributed by atoms with Crippen LogP contribution < -0.4 is 0 Å². The largest absolute Gasteiger partial charge is 0.294 e. The molecule has 0 amide bonds. The monoisotopic (exact) mass is 221 g/mol. The van der Waals surface area contributed by atoms with Crippen LogP contribution in [0.4, 0.5) is 0 Å². The molecule has 2 heterocycles. The van der Waals surface area contributed by atoms with Crippen molar-refractivity contribution < 1.29 is 0 Å². The summed E-state index contributed by atoms with van der Waals surface area (Å²) in [6.45, 7) is 10.1. The van der Waals surface area contributed by atoms with E-state index >= 15 is 0 Å². The molecule has 1 aliphatic heterocycles. The Bertz CT molecular complexity index is 379. The smallest absolute Gasteiger partial charge is 0.0644 e. The molecule has 1 atom stereocenters. The van der Waals surface area contributed by atoms with Crippen LogP contribution in [-0.2, 0) is 7.05 Å². The normalized spacial score (nSPS) is 22.2. The molecule has 16 heavy (non-hydrogen) atoms. The molecule has 0 spiro atoms. The number of aromatic nitrogens is 2. The summed E-state index contributed by atoms with van der Waals surface area (Å²) in [5.41, 5.74) is 4.00. The van der Waals surface area contributed by atoms with Crippen molar-refractivity contribution >= 4 is 0 Å². The molecule has 3 nitrogen and oxygen atoms in total. The molecule has 0 saturated carbocycles. The molecule has 0 bridgehead atoms. The third kappa shape index (κ3) is 1.77. The lowest BCUT2D eigenvalue weighted by atomic mass is 10.0. The molecule has 2 rings (SSSR count). The molecule has 1 aromatic heterocycles. The summed E-state index contributed by atoms with van der Waals surface area (Å²) in [5.74, 6) is 0. The van der Waals surface area contributed by atoms with E-state index in [2.05, 4.69) is 37.7 Å². The summed E-state index contributed by atoms with van der Waals surface area (Å²) in [4.78, 5) is 2.61. The number of nitrogens with zero attached hydrogens (tertiary/aromatic N) is 3. The second-order valence-electron chi connectivity index (χ2n) is 5.20. The molecule has 1 aromatic rings. The predicted molar refractivity (Wildman–Crippen MR) is 66.5 cm³/mol. The van der Waals surface area contributed by atoms with Crippen LogP contribution in [0.25, 0.3) is 0 Å². The van der Waals surface area contributed by atoms with Gasteiger partial charge in [0.05, 0.1) is 5.69 Å². The van der Waals surface area contributed by atoms with Gasteiger partial charge in [-0.15, -0.1) is 0 Å².